The van der Waals surface area contributed by atoms with Crippen molar-refractivity contribution in [3.8, 4) is 6.07 Å². The molecule has 0 atom stereocenters. The number of anilines is 1. The highest BCUT2D eigenvalue weighted by molar-refractivity contribution is 6.31. The van der Waals surface area contributed by atoms with Crippen LogP contribution in [0.2, 0.25) is 0 Å². The van der Waals surface area contributed by atoms with Crippen molar-refractivity contribution in [3.05, 3.63) is 28.8 Å². The van der Waals surface area contributed by atoms with E-state index in [1.54, 1.807) is 19.1 Å². The summed E-state index contributed by atoms with van der Waals surface area (Å²) in [5, 5.41) is 8.78. The van der Waals surface area contributed by atoms with E-state index in [2.05, 4.69) is 0 Å². The Bertz CT molecular complexity index is 421. The number of carbonyl (C=O) groups is 1. The number of Topliss-reactive ketones (excluding diaryl/α,β-unsaturated/α-hetero) is 1. The van der Waals surface area contributed by atoms with Gasteiger partial charge in [-0.2, -0.15) is 5.26 Å². The van der Waals surface area contributed by atoms with Gasteiger partial charge >= 0.3 is 0 Å². The molecule has 0 saturated heterocycles. The van der Waals surface area contributed by atoms with Gasteiger partial charge in [0.25, 0.3) is 0 Å². The van der Waals surface area contributed by atoms with E-state index in [4.69, 9.17) is 22.6 Å². The molecule has 0 amide bonds. The lowest BCUT2D eigenvalue weighted by atomic mass is 9.99. The lowest BCUT2D eigenvalue weighted by Gasteiger charge is -2.07. The van der Waals surface area contributed by atoms with Gasteiger partial charge in [-0.05, 0) is 18.6 Å². The van der Waals surface area contributed by atoms with E-state index < -0.39 is 0 Å². The minimum absolute atomic E-state index is 0.164. The van der Waals surface area contributed by atoms with Gasteiger partial charge in [-0.25, -0.2) is 0 Å². The Morgan fingerprint density at radius 2 is 2.29 bits per heavy atom. The maximum absolute atomic E-state index is 11.4. The van der Waals surface area contributed by atoms with Crippen molar-refractivity contribution in [1.82, 2.24) is 0 Å². The van der Waals surface area contributed by atoms with Gasteiger partial charge in [0, 0.05) is 5.69 Å². The Balaban J connectivity index is 3.45. The van der Waals surface area contributed by atoms with E-state index in [1.165, 1.54) is 0 Å². The molecule has 0 heterocycles. The number of nitrogens with two attached hydrogens (primary N) is 1. The van der Waals surface area contributed by atoms with Gasteiger partial charge in [0.2, 0.25) is 0 Å². The number of hydrogen-bond donors (Lipinski definition) is 1. The molecular formula is C10H9ClN2O. The van der Waals surface area contributed by atoms with Crippen LogP contribution in [0.1, 0.15) is 21.5 Å². The number of carbonyl (C=O) groups excluding carboxylic acids is 1. The van der Waals surface area contributed by atoms with E-state index in [0.717, 1.165) is 5.56 Å². The number of rotatable bonds is 2. The topological polar surface area (TPSA) is 66.9 Å². The molecule has 4 heteroatoms. The molecule has 0 bridgehead atoms. The van der Waals surface area contributed by atoms with Gasteiger partial charge < -0.3 is 5.73 Å². The van der Waals surface area contributed by atoms with E-state index in [9.17, 15) is 4.79 Å². The van der Waals surface area contributed by atoms with Crippen LogP contribution in [0.5, 0.6) is 0 Å². The molecule has 0 aromatic heterocycles. The Hall–Kier alpha value is -1.53. The van der Waals surface area contributed by atoms with Gasteiger partial charge in [-0.3, -0.25) is 4.79 Å². The monoisotopic (exact) mass is 208 g/mol. The van der Waals surface area contributed by atoms with Crippen molar-refractivity contribution in [1.29, 1.82) is 5.26 Å². The summed E-state index contributed by atoms with van der Waals surface area (Å²) in [6, 6.07) is 5.20. The number of hydrogen-bond acceptors (Lipinski definition) is 3. The van der Waals surface area contributed by atoms with Crippen LogP contribution >= 0.6 is 11.6 Å². The standard InChI is InChI=1S/C10H9ClN2O/c1-6-2-3-7(5-12)9(10(6)13)8(14)4-11/h2-3H,4,13H2,1H3. The highest BCUT2D eigenvalue weighted by Crippen LogP contribution is 2.21. The van der Waals surface area contributed by atoms with Crippen molar-refractivity contribution in [3.63, 3.8) is 0 Å². The number of halogens is 1. The third-order valence-electron chi connectivity index (χ3n) is 1.98. The van der Waals surface area contributed by atoms with Crippen LogP contribution in [-0.4, -0.2) is 11.7 Å². The Kier molecular flexibility index (Phi) is 3.10. The van der Waals surface area contributed by atoms with Gasteiger partial charge in [0.15, 0.2) is 5.78 Å². The van der Waals surface area contributed by atoms with Gasteiger partial charge in [0.05, 0.1) is 23.1 Å². The molecular weight excluding hydrogens is 200 g/mol. The molecule has 0 fully saturated rings. The lowest BCUT2D eigenvalue weighted by Crippen LogP contribution is -2.09. The zero-order valence-corrected chi connectivity index (χ0v) is 8.43. The second-order valence-corrected chi connectivity index (χ2v) is 3.15. The first-order chi connectivity index (χ1) is 6.61. The molecule has 1 aromatic carbocycles. The van der Waals surface area contributed by atoms with E-state index >= 15 is 0 Å². The third kappa shape index (κ3) is 1.70. The van der Waals surface area contributed by atoms with E-state index in [-0.39, 0.29) is 22.8 Å². The van der Waals surface area contributed by atoms with Gasteiger partial charge in [-0.15, -0.1) is 11.6 Å². The van der Waals surface area contributed by atoms with Crippen LogP contribution in [0.3, 0.4) is 0 Å². The second kappa shape index (κ2) is 4.12. The van der Waals surface area contributed by atoms with Crippen molar-refractivity contribution >= 4 is 23.1 Å². The minimum atomic E-state index is -0.315. The SMILES string of the molecule is Cc1ccc(C#N)c(C(=O)CCl)c1N. The summed E-state index contributed by atoms with van der Waals surface area (Å²) < 4.78 is 0. The summed E-state index contributed by atoms with van der Waals surface area (Å²) in [7, 11) is 0. The average molecular weight is 209 g/mol. The van der Waals surface area contributed by atoms with Crippen LogP contribution < -0.4 is 5.73 Å². The number of benzene rings is 1. The lowest BCUT2D eigenvalue weighted by molar-refractivity contribution is 0.102. The molecule has 0 aliphatic heterocycles. The number of nitrogens with zero attached hydrogens (tertiary/aromatic N) is 1. The largest absolute Gasteiger partial charge is 0.398 e. The van der Waals surface area contributed by atoms with Crippen molar-refractivity contribution in [2.45, 2.75) is 6.92 Å². The van der Waals surface area contributed by atoms with Crippen molar-refractivity contribution < 1.29 is 4.79 Å². The number of aryl methyl sites for hydroxylation is 1. The molecule has 0 aliphatic carbocycles. The van der Waals surface area contributed by atoms with Crippen LogP contribution in [0, 0.1) is 18.3 Å². The summed E-state index contributed by atoms with van der Waals surface area (Å²) in [6.07, 6.45) is 0. The zero-order chi connectivity index (χ0) is 10.7. The first-order valence-electron chi connectivity index (χ1n) is 4.00. The molecule has 2 N–H and O–H groups in total. The predicted molar refractivity (Wildman–Crippen MR) is 55.4 cm³/mol. The number of nitrogen functional groups attached to an aromatic ring is 1. The fourth-order valence-corrected chi connectivity index (χ4v) is 1.32. The molecule has 1 aromatic rings. The van der Waals surface area contributed by atoms with Gasteiger partial charge in [0.1, 0.15) is 0 Å². The molecule has 0 saturated carbocycles. The maximum Gasteiger partial charge on any atom is 0.180 e. The zero-order valence-electron chi connectivity index (χ0n) is 7.67. The number of ketones is 1. The quantitative estimate of drug-likeness (QED) is 0.458. The van der Waals surface area contributed by atoms with Crippen LogP contribution in [0.15, 0.2) is 12.1 Å². The summed E-state index contributed by atoms with van der Waals surface area (Å²) in [5.74, 6) is -0.480. The van der Waals surface area contributed by atoms with E-state index in [0.29, 0.717) is 5.69 Å². The fourth-order valence-electron chi connectivity index (χ4n) is 1.18. The van der Waals surface area contributed by atoms with Crippen LogP contribution in [0.25, 0.3) is 0 Å². The molecule has 3 nitrogen and oxygen atoms in total. The summed E-state index contributed by atoms with van der Waals surface area (Å²) in [4.78, 5) is 11.4. The number of alkyl halides is 1. The molecule has 14 heavy (non-hydrogen) atoms. The molecule has 1 rings (SSSR count). The smallest absolute Gasteiger partial charge is 0.180 e. The summed E-state index contributed by atoms with van der Waals surface area (Å²) in [5.41, 5.74) is 7.34. The summed E-state index contributed by atoms with van der Waals surface area (Å²) in [6.45, 7) is 1.78. The Morgan fingerprint density at radius 3 is 2.79 bits per heavy atom. The normalized spacial score (nSPS) is 9.50. The molecule has 0 unspecified atom stereocenters. The predicted octanol–water partition coefficient (Wildman–Crippen LogP) is 1.87. The number of nitriles is 1. The van der Waals surface area contributed by atoms with Crippen LogP contribution in [0.4, 0.5) is 5.69 Å². The summed E-state index contributed by atoms with van der Waals surface area (Å²) >= 11 is 5.43. The Labute approximate surface area is 87.1 Å². The first kappa shape index (κ1) is 10.6. The van der Waals surface area contributed by atoms with Crippen molar-refractivity contribution in [2.24, 2.45) is 0 Å². The molecule has 0 radical (unpaired) electrons. The Morgan fingerprint density at radius 1 is 1.64 bits per heavy atom. The highest BCUT2D eigenvalue weighted by Gasteiger charge is 2.15. The maximum atomic E-state index is 11.4. The highest BCUT2D eigenvalue weighted by atomic mass is 35.5. The average Bonchev–Trinajstić information content (AvgIpc) is 2.20. The van der Waals surface area contributed by atoms with Crippen LogP contribution in [-0.2, 0) is 0 Å². The third-order valence-corrected chi connectivity index (χ3v) is 2.23. The van der Waals surface area contributed by atoms with E-state index in [1.807, 2.05) is 6.07 Å². The molecule has 0 aliphatic rings. The first-order valence-corrected chi connectivity index (χ1v) is 4.53. The minimum Gasteiger partial charge on any atom is -0.398 e. The fraction of sp³-hybridized carbons (Fsp3) is 0.200. The van der Waals surface area contributed by atoms with Crippen molar-refractivity contribution in [2.75, 3.05) is 11.6 Å². The molecule has 0 spiro atoms. The second-order valence-electron chi connectivity index (χ2n) is 2.89. The molecule has 72 valence electrons. The van der Waals surface area contributed by atoms with Gasteiger partial charge in [-0.1, -0.05) is 6.07 Å².